The molecule has 14 heavy (non-hydrogen) atoms. The van der Waals surface area contributed by atoms with Gasteiger partial charge in [-0.1, -0.05) is 11.8 Å². The van der Waals surface area contributed by atoms with E-state index in [1.807, 2.05) is 24.3 Å². The van der Waals surface area contributed by atoms with Crippen molar-refractivity contribution in [2.75, 3.05) is 0 Å². The molecule has 0 saturated heterocycles. The van der Waals surface area contributed by atoms with E-state index in [1.54, 1.807) is 11.3 Å². The number of nitrogens with two attached hydrogens (primary N) is 1. The highest BCUT2D eigenvalue weighted by Crippen LogP contribution is 2.23. The standard InChI is InChI=1S/C12H11NS/c1-9-7-11(8-14-9)10-3-2-4-12(13)6-5-10/h2-3,5-8H,13H2,1H3. The van der Waals surface area contributed by atoms with Gasteiger partial charge in [0, 0.05) is 4.88 Å². The molecule has 0 saturated carbocycles. The molecule has 0 radical (unpaired) electrons. The number of rotatable bonds is 1. The van der Waals surface area contributed by atoms with Crippen molar-refractivity contribution in [3.05, 3.63) is 57.6 Å². The zero-order valence-electron chi connectivity index (χ0n) is 7.95. The molecular weight excluding hydrogens is 190 g/mol. The van der Waals surface area contributed by atoms with Crippen LogP contribution in [0.25, 0.3) is 5.57 Å². The minimum Gasteiger partial charge on any atom is -0.392 e. The molecule has 0 aliphatic heterocycles. The van der Waals surface area contributed by atoms with Crippen molar-refractivity contribution >= 4 is 16.9 Å². The largest absolute Gasteiger partial charge is 0.392 e. The molecule has 0 atom stereocenters. The Labute approximate surface area is 87.6 Å². The van der Waals surface area contributed by atoms with E-state index in [0.717, 1.165) is 0 Å². The summed E-state index contributed by atoms with van der Waals surface area (Å²) < 4.78 is 0. The lowest BCUT2D eigenvalue weighted by Gasteiger charge is -1.95. The molecule has 1 aromatic heterocycles. The van der Waals surface area contributed by atoms with Gasteiger partial charge < -0.3 is 5.73 Å². The maximum absolute atomic E-state index is 5.64. The van der Waals surface area contributed by atoms with Crippen LogP contribution in [0, 0.1) is 6.92 Å². The summed E-state index contributed by atoms with van der Waals surface area (Å²) in [5, 5.41) is 2.15. The van der Waals surface area contributed by atoms with Crippen LogP contribution in [-0.4, -0.2) is 0 Å². The average Bonchev–Trinajstić information content (AvgIpc) is 2.46. The Bertz CT molecular complexity index is 468. The Hall–Kier alpha value is -1.50. The first-order valence-corrected chi connectivity index (χ1v) is 5.30. The van der Waals surface area contributed by atoms with Gasteiger partial charge in [0.2, 0.25) is 0 Å². The van der Waals surface area contributed by atoms with Crippen LogP contribution in [0.4, 0.5) is 0 Å². The molecule has 0 fully saturated rings. The van der Waals surface area contributed by atoms with E-state index < -0.39 is 0 Å². The van der Waals surface area contributed by atoms with Crippen LogP contribution in [0.1, 0.15) is 10.4 Å². The fraction of sp³-hybridized carbons (Fsp3) is 0.0833. The molecule has 1 aliphatic rings. The van der Waals surface area contributed by atoms with Crippen LogP contribution in [-0.2, 0) is 0 Å². The Kier molecular flexibility index (Phi) is 2.40. The van der Waals surface area contributed by atoms with E-state index >= 15 is 0 Å². The van der Waals surface area contributed by atoms with E-state index in [0.29, 0.717) is 5.70 Å². The van der Waals surface area contributed by atoms with Gasteiger partial charge in [-0.05, 0) is 47.7 Å². The van der Waals surface area contributed by atoms with Crippen LogP contribution in [0.2, 0.25) is 0 Å². The van der Waals surface area contributed by atoms with E-state index in [1.165, 1.54) is 16.0 Å². The number of hydrogen-bond donors (Lipinski definition) is 1. The lowest BCUT2D eigenvalue weighted by atomic mass is 10.1. The zero-order chi connectivity index (χ0) is 9.97. The summed E-state index contributed by atoms with van der Waals surface area (Å²) >= 11 is 1.76. The van der Waals surface area contributed by atoms with Gasteiger partial charge in [-0.3, -0.25) is 0 Å². The van der Waals surface area contributed by atoms with E-state index in [-0.39, 0.29) is 0 Å². The summed E-state index contributed by atoms with van der Waals surface area (Å²) in [5.74, 6) is 0. The van der Waals surface area contributed by atoms with Crippen molar-refractivity contribution < 1.29 is 0 Å². The summed E-state index contributed by atoms with van der Waals surface area (Å²) in [6.45, 7) is 2.11. The number of thiophene rings is 1. The predicted octanol–water partition coefficient (Wildman–Crippen LogP) is 3.01. The molecule has 1 aliphatic carbocycles. The Morgan fingerprint density at radius 1 is 1.36 bits per heavy atom. The monoisotopic (exact) mass is 201 g/mol. The SMILES string of the molecule is Cc1cc(C2=CC=C=C(N)C=C2)cs1. The molecule has 0 aromatic carbocycles. The Morgan fingerprint density at radius 2 is 2.21 bits per heavy atom. The minimum absolute atomic E-state index is 0.670. The first kappa shape index (κ1) is 9.07. The van der Waals surface area contributed by atoms with Crippen molar-refractivity contribution in [3.63, 3.8) is 0 Å². The molecule has 2 heteroatoms. The second-order valence-electron chi connectivity index (χ2n) is 3.17. The molecule has 0 bridgehead atoms. The normalized spacial score (nSPS) is 14.9. The van der Waals surface area contributed by atoms with Crippen LogP contribution in [0.5, 0.6) is 0 Å². The lowest BCUT2D eigenvalue weighted by Crippen LogP contribution is -1.88. The highest BCUT2D eigenvalue weighted by atomic mass is 32.1. The van der Waals surface area contributed by atoms with Crippen molar-refractivity contribution in [1.82, 2.24) is 0 Å². The minimum atomic E-state index is 0.670. The highest BCUT2D eigenvalue weighted by molar-refractivity contribution is 7.10. The number of aryl methyl sites for hydroxylation is 1. The van der Waals surface area contributed by atoms with Crippen molar-refractivity contribution in [2.24, 2.45) is 5.73 Å². The molecule has 70 valence electrons. The molecule has 1 heterocycles. The number of allylic oxidation sites excluding steroid dienone is 4. The van der Waals surface area contributed by atoms with Crippen molar-refractivity contribution in [2.45, 2.75) is 6.92 Å². The summed E-state index contributed by atoms with van der Waals surface area (Å²) in [5.41, 5.74) is 11.7. The third-order valence-corrected chi connectivity index (χ3v) is 2.88. The summed E-state index contributed by atoms with van der Waals surface area (Å²) in [7, 11) is 0. The smallest absolute Gasteiger partial charge is 0.0747 e. The van der Waals surface area contributed by atoms with Gasteiger partial charge in [-0.2, -0.15) is 0 Å². The van der Waals surface area contributed by atoms with Gasteiger partial charge in [-0.15, -0.1) is 11.3 Å². The van der Waals surface area contributed by atoms with Crippen LogP contribution in [0.3, 0.4) is 0 Å². The molecule has 0 unspecified atom stereocenters. The molecule has 1 aromatic rings. The summed E-state index contributed by atoms with van der Waals surface area (Å²) in [6, 6.07) is 2.18. The average molecular weight is 201 g/mol. The molecule has 2 N–H and O–H groups in total. The molecule has 0 amide bonds. The van der Waals surface area contributed by atoms with Crippen LogP contribution >= 0.6 is 11.3 Å². The van der Waals surface area contributed by atoms with Gasteiger partial charge in [0.25, 0.3) is 0 Å². The topological polar surface area (TPSA) is 26.0 Å². The van der Waals surface area contributed by atoms with E-state index in [4.69, 9.17) is 5.73 Å². The fourth-order valence-electron chi connectivity index (χ4n) is 1.30. The third kappa shape index (κ3) is 1.87. The van der Waals surface area contributed by atoms with Gasteiger partial charge >= 0.3 is 0 Å². The highest BCUT2D eigenvalue weighted by Gasteiger charge is 2.00. The van der Waals surface area contributed by atoms with Gasteiger partial charge in [0.05, 0.1) is 5.70 Å². The summed E-state index contributed by atoms with van der Waals surface area (Å²) in [4.78, 5) is 1.32. The van der Waals surface area contributed by atoms with Crippen LogP contribution < -0.4 is 5.73 Å². The Balaban J connectivity index is 2.35. The first-order chi connectivity index (χ1) is 6.75. The molecule has 1 nitrogen and oxygen atoms in total. The second-order valence-corrected chi connectivity index (χ2v) is 4.28. The lowest BCUT2D eigenvalue weighted by molar-refractivity contribution is 1.45. The zero-order valence-corrected chi connectivity index (χ0v) is 8.77. The summed E-state index contributed by atoms with van der Waals surface area (Å²) in [6.07, 6.45) is 7.78. The van der Waals surface area contributed by atoms with Crippen LogP contribution in [0.15, 0.2) is 47.2 Å². The fourth-order valence-corrected chi connectivity index (χ4v) is 2.01. The first-order valence-electron chi connectivity index (χ1n) is 4.42. The van der Waals surface area contributed by atoms with Gasteiger partial charge in [0.15, 0.2) is 0 Å². The van der Waals surface area contributed by atoms with Gasteiger partial charge in [-0.25, -0.2) is 0 Å². The Morgan fingerprint density at radius 3 is 2.93 bits per heavy atom. The molecular formula is C12H11NS. The van der Waals surface area contributed by atoms with E-state index in [9.17, 15) is 0 Å². The predicted molar refractivity (Wildman–Crippen MR) is 62.0 cm³/mol. The quantitative estimate of drug-likeness (QED) is 0.694. The van der Waals surface area contributed by atoms with Crippen molar-refractivity contribution in [1.29, 1.82) is 0 Å². The second kappa shape index (κ2) is 3.70. The maximum atomic E-state index is 5.64. The third-order valence-electron chi connectivity index (χ3n) is 2.02. The van der Waals surface area contributed by atoms with E-state index in [2.05, 4.69) is 24.1 Å². The maximum Gasteiger partial charge on any atom is 0.0747 e. The van der Waals surface area contributed by atoms with Gasteiger partial charge in [0.1, 0.15) is 0 Å². The van der Waals surface area contributed by atoms with Crippen molar-refractivity contribution in [3.8, 4) is 0 Å². The number of hydrogen-bond acceptors (Lipinski definition) is 2. The molecule has 2 rings (SSSR count). The molecule has 0 spiro atoms.